The first-order valence-electron chi connectivity index (χ1n) is 7.54. The molecule has 0 spiro atoms. The number of pyridine rings is 1. The first-order valence-corrected chi connectivity index (χ1v) is 7.54. The Morgan fingerprint density at radius 1 is 1.33 bits per heavy atom. The Balaban J connectivity index is 1.92. The third kappa shape index (κ3) is 3.60. The fourth-order valence-corrected chi connectivity index (χ4v) is 2.79. The number of nitrogens with zero attached hydrogens (tertiary/aromatic N) is 1. The summed E-state index contributed by atoms with van der Waals surface area (Å²) >= 11 is 0. The zero-order chi connectivity index (χ0) is 15.1. The maximum atomic E-state index is 12.4. The molecule has 1 aromatic rings. The third-order valence-corrected chi connectivity index (χ3v) is 3.95. The van der Waals surface area contributed by atoms with E-state index in [1.165, 1.54) is 0 Å². The van der Waals surface area contributed by atoms with Crippen molar-refractivity contribution in [3.05, 3.63) is 30.1 Å². The van der Waals surface area contributed by atoms with Crippen molar-refractivity contribution >= 4 is 11.9 Å². The molecule has 1 aromatic heterocycles. The van der Waals surface area contributed by atoms with Gasteiger partial charge in [-0.3, -0.25) is 14.6 Å². The van der Waals surface area contributed by atoms with E-state index < -0.39 is 5.41 Å². The fraction of sp³-hybridized carbons (Fsp3) is 0.562. The normalized spacial score (nSPS) is 16.4. The van der Waals surface area contributed by atoms with Crippen LogP contribution in [0.3, 0.4) is 0 Å². The van der Waals surface area contributed by atoms with E-state index in [1.54, 1.807) is 13.1 Å². The van der Waals surface area contributed by atoms with Crippen LogP contribution >= 0.6 is 0 Å². The van der Waals surface area contributed by atoms with Gasteiger partial charge in [0.1, 0.15) is 5.41 Å². The number of aromatic nitrogens is 1. The van der Waals surface area contributed by atoms with E-state index in [2.05, 4.69) is 10.3 Å². The Bertz CT molecular complexity index is 482. The Morgan fingerprint density at radius 3 is 2.71 bits per heavy atom. The van der Waals surface area contributed by atoms with Crippen molar-refractivity contribution in [2.45, 2.75) is 39.0 Å². The van der Waals surface area contributed by atoms with Crippen molar-refractivity contribution in [3.63, 3.8) is 0 Å². The van der Waals surface area contributed by atoms with Gasteiger partial charge in [-0.05, 0) is 31.9 Å². The van der Waals surface area contributed by atoms with Gasteiger partial charge in [-0.2, -0.15) is 0 Å². The van der Waals surface area contributed by atoms with Gasteiger partial charge in [0.2, 0.25) is 5.91 Å². The van der Waals surface area contributed by atoms with Crippen LogP contribution in [0.5, 0.6) is 0 Å². The molecule has 1 aliphatic rings. The first-order chi connectivity index (χ1) is 10.2. The van der Waals surface area contributed by atoms with Gasteiger partial charge >= 0.3 is 5.97 Å². The largest absolute Gasteiger partial charge is 0.465 e. The number of esters is 1. The zero-order valence-corrected chi connectivity index (χ0v) is 12.4. The van der Waals surface area contributed by atoms with E-state index in [0.29, 0.717) is 32.4 Å². The molecule has 0 bridgehead atoms. The molecule has 1 fully saturated rings. The Morgan fingerprint density at radius 2 is 2.10 bits per heavy atom. The standard InChI is InChI=1S/C16H22N2O3/c1-2-21-15(20)16(9-4-5-10-16)14(19)18-12-8-13-7-3-6-11-17-13/h3,6-7,11H,2,4-5,8-10,12H2,1H3,(H,18,19). The second-order valence-corrected chi connectivity index (χ2v) is 5.34. The molecule has 21 heavy (non-hydrogen) atoms. The monoisotopic (exact) mass is 290 g/mol. The molecule has 5 heteroatoms. The number of amides is 1. The van der Waals surface area contributed by atoms with Crippen LogP contribution in [0.25, 0.3) is 0 Å². The van der Waals surface area contributed by atoms with Gasteiger partial charge in [0.05, 0.1) is 6.61 Å². The van der Waals surface area contributed by atoms with Crippen LogP contribution in [0.15, 0.2) is 24.4 Å². The van der Waals surface area contributed by atoms with Crippen LogP contribution in [-0.4, -0.2) is 30.0 Å². The highest BCUT2D eigenvalue weighted by Gasteiger charge is 2.49. The maximum absolute atomic E-state index is 12.4. The molecule has 0 atom stereocenters. The van der Waals surface area contributed by atoms with Gasteiger partial charge in [0.25, 0.3) is 0 Å². The summed E-state index contributed by atoms with van der Waals surface area (Å²) in [6.07, 6.45) is 5.35. The molecule has 0 aliphatic heterocycles. The van der Waals surface area contributed by atoms with Crippen molar-refractivity contribution in [1.82, 2.24) is 10.3 Å². The SMILES string of the molecule is CCOC(=O)C1(C(=O)NCCc2ccccn2)CCCC1. The summed E-state index contributed by atoms with van der Waals surface area (Å²) in [7, 11) is 0. The Labute approximate surface area is 125 Å². The summed E-state index contributed by atoms with van der Waals surface area (Å²) in [5, 5.41) is 2.87. The zero-order valence-electron chi connectivity index (χ0n) is 12.4. The summed E-state index contributed by atoms with van der Waals surface area (Å²) < 4.78 is 5.10. The van der Waals surface area contributed by atoms with E-state index >= 15 is 0 Å². The van der Waals surface area contributed by atoms with Gasteiger partial charge in [-0.25, -0.2) is 0 Å². The lowest BCUT2D eigenvalue weighted by Crippen LogP contribution is -2.46. The highest BCUT2D eigenvalue weighted by Crippen LogP contribution is 2.39. The smallest absolute Gasteiger partial charge is 0.321 e. The summed E-state index contributed by atoms with van der Waals surface area (Å²) in [5.74, 6) is -0.577. The maximum Gasteiger partial charge on any atom is 0.321 e. The van der Waals surface area contributed by atoms with Crippen LogP contribution in [0, 0.1) is 5.41 Å². The molecular weight excluding hydrogens is 268 g/mol. The summed E-state index contributed by atoms with van der Waals surface area (Å²) in [6, 6.07) is 5.69. The number of hydrogen-bond donors (Lipinski definition) is 1. The summed E-state index contributed by atoms with van der Waals surface area (Å²) in [6.45, 7) is 2.55. The number of carbonyl (C=O) groups is 2. The number of rotatable bonds is 6. The van der Waals surface area contributed by atoms with Crippen LogP contribution in [0.4, 0.5) is 0 Å². The van der Waals surface area contributed by atoms with Crippen LogP contribution in [-0.2, 0) is 20.7 Å². The van der Waals surface area contributed by atoms with E-state index in [1.807, 2.05) is 18.2 Å². The van der Waals surface area contributed by atoms with Crippen molar-refractivity contribution in [1.29, 1.82) is 0 Å². The highest BCUT2D eigenvalue weighted by atomic mass is 16.5. The third-order valence-electron chi connectivity index (χ3n) is 3.95. The second-order valence-electron chi connectivity index (χ2n) is 5.34. The molecule has 0 aromatic carbocycles. The molecule has 5 nitrogen and oxygen atoms in total. The van der Waals surface area contributed by atoms with Crippen LogP contribution < -0.4 is 5.32 Å². The number of hydrogen-bond acceptors (Lipinski definition) is 4. The average molecular weight is 290 g/mol. The lowest BCUT2D eigenvalue weighted by molar-refractivity contribution is -0.160. The number of ether oxygens (including phenoxy) is 1. The summed E-state index contributed by atoms with van der Waals surface area (Å²) in [5.41, 5.74) is -0.0467. The van der Waals surface area contributed by atoms with Gasteiger partial charge in [0, 0.05) is 24.9 Å². The lowest BCUT2D eigenvalue weighted by atomic mass is 9.85. The molecule has 1 heterocycles. The van der Waals surface area contributed by atoms with Crippen molar-refractivity contribution < 1.29 is 14.3 Å². The minimum absolute atomic E-state index is 0.200. The molecule has 0 saturated heterocycles. The highest BCUT2D eigenvalue weighted by molar-refractivity contribution is 6.03. The van der Waals surface area contributed by atoms with Gasteiger partial charge < -0.3 is 10.1 Å². The van der Waals surface area contributed by atoms with Crippen LogP contribution in [0.2, 0.25) is 0 Å². The lowest BCUT2D eigenvalue weighted by Gasteiger charge is -2.25. The predicted molar refractivity (Wildman–Crippen MR) is 78.5 cm³/mol. The first kappa shape index (κ1) is 15.5. The van der Waals surface area contributed by atoms with E-state index in [4.69, 9.17) is 4.74 Å². The molecule has 1 amide bonds. The topological polar surface area (TPSA) is 68.3 Å². The second kappa shape index (κ2) is 7.20. The van der Waals surface area contributed by atoms with Crippen LogP contribution in [0.1, 0.15) is 38.3 Å². The van der Waals surface area contributed by atoms with Crippen molar-refractivity contribution in [2.75, 3.05) is 13.2 Å². The molecule has 0 radical (unpaired) electrons. The molecular formula is C16H22N2O3. The molecule has 1 aliphatic carbocycles. The number of nitrogens with one attached hydrogen (secondary N) is 1. The average Bonchev–Trinajstić information content (AvgIpc) is 2.99. The quantitative estimate of drug-likeness (QED) is 0.641. The van der Waals surface area contributed by atoms with Gasteiger partial charge in [0.15, 0.2) is 0 Å². The molecule has 0 unspecified atom stereocenters. The molecule has 1 saturated carbocycles. The predicted octanol–water partition coefficient (Wildman–Crippen LogP) is 1.86. The van der Waals surface area contributed by atoms with Gasteiger partial charge in [-0.1, -0.05) is 18.9 Å². The van der Waals surface area contributed by atoms with Crippen molar-refractivity contribution in [3.8, 4) is 0 Å². The minimum Gasteiger partial charge on any atom is -0.465 e. The van der Waals surface area contributed by atoms with E-state index in [0.717, 1.165) is 18.5 Å². The van der Waals surface area contributed by atoms with Gasteiger partial charge in [-0.15, -0.1) is 0 Å². The summed E-state index contributed by atoms with van der Waals surface area (Å²) in [4.78, 5) is 28.8. The van der Waals surface area contributed by atoms with E-state index in [-0.39, 0.29) is 11.9 Å². The molecule has 114 valence electrons. The fourth-order valence-electron chi connectivity index (χ4n) is 2.79. The Kier molecular flexibility index (Phi) is 5.31. The van der Waals surface area contributed by atoms with E-state index in [9.17, 15) is 9.59 Å². The molecule has 2 rings (SSSR count). The Hall–Kier alpha value is -1.91. The minimum atomic E-state index is -0.972. The number of carbonyl (C=O) groups excluding carboxylic acids is 2. The molecule has 1 N–H and O–H groups in total. The van der Waals surface area contributed by atoms with Crippen molar-refractivity contribution in [2.24, 2.45) is 5.41 Å².